The lowest BCUT2D eigenvalue weighted by atomic mass is 9.82. The largest absolute Gasteiger partial charge is 0.308 e. The third kappa shape index (κ3) is 5.11. The molecule has 2 nitrogen and oxygen atoms in total. The predicted octanol–water partition coefficient (Wildman–Crippen LogP) is 15.0. The second kappa shape index (κ2) is 13.0. The highest BCUT2D eigenvalue weighted by atomic mass is 15.2. The molecule has 0 atom stereocenters. The molecule has 1 aliphatic rings. The first-order chi connectivity index (χ1) is 28.1. The monoisotopic (exact) mass is 728 g/mol. The van der Waals surface area contributed by atoms with Crippen molar-refractivity contribution < 1.29 is 0 Å². The lowest BCUT2D eigenvalue weighted by Crippen LogP contribution is -2.15. The van der Waals surface area contributed by atoms with E-state index in [1.165, 1.54) is 77.1 Å². The van der Waals surface area contributed by atoms with E-state index in [2.05, 4.69) is 230 Å². The number of hydrogen-bond acceptors (Lipinski definition) is 1. The molecule has 0 amide bonds. The molecule has 0 radical (unpaired) electrons. The van der Waals surface area contributed by atoms with Crippen molar-refractivity contribution in [2.75, 3.05) is 4.90 Å². The Morgan fingerprint density at radius 1 is 0.404 bits per heavy atom. The average molecular weight is 729 g/mol. The van der Waals surface area contributed by atoms with Crippen molar-refractivity contribution >= 4 is 49.6 Å². The van der Waals surface area contributed by atoms with Crippen LogP contribution in [0.25, 0.3) is 71.6 Å². The highest BCUT2D eigenvalue weighted by Gasteiger charge is 2.37. The first-order valence-corrected chi connectivity index (χ1v) is 19.9. The standard InChI is InChI=1S/C55H40N2/c1-55(2)47-29-9-5-26-46(47)54-45(28-17-30-48(54)55)44-25-8-10-31-49(44)56(39-21-15-20-38(36-39)41-27-16-19-37-18-3-4-22-40(37)41)52-34-13-14-35-53(52)57-50-32-11-6-23-42(50)43-24-7-12-33-51(43)57/h3-36H,1-2H3. The van der Waals surface area contributed by atoms with Crippen LogP contribution in [0.2, 0.25) is 0 Å². The van der Waals surface area contributed by atoms with Crippen LogP contribution in [0, 0.1) is 0 Å². The van der Waals surface area contributed by atoms with E-state index in [9.17, 15) is 0 Å². The highest BCUT2D eigenvalue weighted by molar-refractivity contribution is 6.10. The predicted molar refractivity (Wildman–Crippen MR) is 241 cm³/mol. The van der Waals surface area contributed by atoms with Crippen molar-refractivity contribution in [1.82, 2.24) is 4.57 Å². The van der Waals surface area contributed by atoms with Crippen molar-refractivity contribution in [1.29, 1.82) is 0 Å². The maximum atomic E-state index is 2.49. The first-order valence-electron chi connectivity index (χ1n) is 19.9. The van der Waals surface area contributed by atoms with Gasteiger partial charge in [-0.15, -0.1) is 0 Å². The number of fused-ring (bicyclic) bond motifs is 7. The Morgan fingerprint density at radius 2 is 0.947 bits per heavy atom. The minimum absolute atomic E-state index is 0.105. The summed E-state index contributed by atoms with van der Waals surface area (Å²) in [5, 5.41) is 4.97. The van der Waals surface area contributed by atoms with Crippen LogP contribution < -0.4 is 4.90 Å². The minimum atomic E-state index is -0.105. The van der Waals surface area contributed by atoms with Crippen LogP contribution in [0.4, 0.5) is 17.1 Å². The molecule has 10 aromatic rings. The molecule has 0 unspecified atom stereocenters. The third-order valence-corrected chi connectivity index (χ3v) is 12.2. The fourth-order valence-electron chi connectivity index (χ4n) is 9.60. The fraction of sp³-hybridized carbons (Fsp3) is 0.0545. The zero-order valence-corrected chi connectivity index (χ0v) is 32.0. The van der Waals surface area contributed by atoms with Gasteiger partial charge in [-0.3, -0.25) is 0 Å². The molecule has 1 heterocycles. The van der Waals surface area contributed by atoms with Crippen LogP contribution >= 0.6 is 0 Å². The van der Waals surface area contributed by atoms with Crippen molar-refractivity contribution in [3.05, 3.63) is 217 Å². The van der Waals surface area contributed by atoms with Gasteiger partial charge in [0.15, 0.2) is 0 Å². The Kier molecular flexibility index (Phi) is 7.55. The molecule has 0 aliphatic heterocycles. The van der Waals surface area contributed by atoms with Crippen molar-refractivity contribution in [3.63, 3.8) is 0 Å². The van der Waals surface area contributed by atoms with Crippen molar-refractivity contribution in [2.24, 2.45) is 0 Å². The summed E-state index contributed by atoms with van der Waals surface area (Å²) in [7, 11) is 0. The van der Waals surface area contributed by atoms with Crippen LogP contribution in [-0.4, -0.2) is 4.57 Å². The van der Waals surface area contributed by atoms with Crippen LogP contribution in [0.1, 0.15) is 25.0 Å². The molecule has 0 bridgehead atoms. The van der Waals surface area contributed by atoms with Gasteiger partial charge in [-0.25, -0.2) is 0 Å². The van der Waals surface area contributed by atoms with Crippen LogP contribution in [0.3, 0.4) is 0 Å². The summed E-state index contributed by atoms with van der Waals surface area (Å²) < 4.78 is 2.45. The molecule has 0 saturated heterocycles. The van der Waals surface area contributed by atoms with Gasteiger partial charge in [-0.2, -0.15) is 0 Å². The van der Waals surface area contributed by atoms with E-state index in [1.54, 1.807) is 0 Å². The molecule has 1 aliphatic carbocycles. The zero-order valence-electron chi connectivity index (χ0n) is 32.0. The Balaban J connectivity index is 1.21. The number of nitrogens with zero attached hydrogens (tertiary/aromatic N) is 2. The lowest BCUT2D eigenvalue weighted by Gasteiger charge is -2.31. The second-order valence-electron chi connectivity index (χ2n) is 15.7. The molecule has 9 aromatic carbocycles. The lowest BCUT2D eigenvalue weighted by molar-refractivity contribution is 0.660. The Morgan fingerprint density at radius 3 is 1.75 bits per heavy atom. The second-order valence-corrected chi connectivity index (χ2v) is 15.7. The zero-order chi connectivity index (χ0) is 38.1. The minimum Gasteiger partial charge on any atom is -0.308 e. The number of aromatic nitrogens is 1. The fourth-order valence-corrected chi connectivity index (χ4v) is 9.60. The van der Waals surface area contributed by atoms with Gasteiger partial charge in [-0.1, -0.05) is 178 Å². The number of benzene rings is 9. The molecule has 0 fully saturated rings. The van der Waals surface area contributed by atoms with E-state index in [4.69, 9.17) is 0 Å². The summed E-state index contributed by atoms with van der Waals surface area (Å²) in [4.78, 5) is 2.49. The maximum Gasteiger partial charge on any atom is 0.0702 e. The number of para-hydroxylation sites is 5. The molecular weight excluding hydrogens is 689 g/mol. The van der Waals surface area contributed by atoms with E-state index in [0.717, 1.165) is 22.7 Å². The van der Waals surface area contributed by atoms with Crippen LogP contribution in [0.5, 0.6) is 0 Å². The Bertz CT molecular complexity index is 3120. The quantitative estimate of drug-likeness (QED) is 0.165. The molecule has 0 spiro atoms. The van der Waals surface area contributed by atoms with E-state index in [1.807, 2.05) is 0 Å². The number of rotatable bonds is 6. The van der Waals surface area contributed by atoms with Crippen LogP contribution in [-0.2, 0) is 5.41 Å². The van der Waals surface area contributed by atoms with Gasteiger partial charge >= 0.3 is 0 Å². The van der Waals surface area contributed by atoms with Gasteiger partial charge in [0.2, 0.25) is 0 Å². The smallest absolute Gasteiger partial charge is 0.0702 e. The topological polar surface area (TPSA) is 8.17 Å². The summed E-state index contributed by atoms with van der Waals surface area (Å²) in [5.74, 6) is 0. The van der Waals surface area contributed by atoms with Gasteiger partial charge in [0.05, 0.1) is 28.1 Å². The molecule has 1 aromatic heterocycles. The summed E-state index contributed by atoms with van der Waals surface area (Å²) >= 11 is 0. The number of anilines is 3. The van der Waals surface area contributed by atoms with Gasteiger partial charge in [0.1, 0.15) is 0 Å². The molecule has 2 heteroatoms. The van der Waals surface area contributed by atoms with E-state index in [0.29, 0.717) is 0 Å². The first kappa shape index (κ1) is 33.2. The average Bonchev–Trinajstić information content (AvgIpc) is 3.72. The summed E-state index contributed by atoms with van der Waals surface area (Å²) in [5.41, 5.74) is 16.9. The SMILES string of the molecule is CC1(C)c2ccccc2-c2c(-c3ccccc3N(c3cccc(-c4cccc5ccccc45)c3)c3ccccc3-n3c4ccccc4c4ccccc43)cccc21. The molecule has 0 N–H and O–H groups in total. The van der Waals surface area contributed by atoms with Gasteiger partial charge in [0, 0.05) is 27.4 Å². The molecule has 11 rings (SSSR count). The van der Waals surface area contributed by atoms with E-state index in [-0.39, 0.29) is 5.41 Å². The molecule has 57 heavy (non-hydrogen) atoms. The van der Waals surface area contributed by atoms with Crippen molar-refractivity contribution in [3.8, 4) is 39.1 Å². The van der Waals surface area contributed by atoms with Gasteiger partial charge < -0.3 is 9.47 Å². The molecule has 0 saturated carbocycles. The van der Waals surface area contributed by atoms with Crippen molar-refractivity contribution in [2.45, 2.75) is 19.3 Å². The maximum absolute atomic E-state index is 2.49. The van der Waals surface area contributed by atoms with Crippen LogP contribution in [0.15, 0.2) is 206 Å². The Labute approximate surface area is 333 Å². The highest BCUT2D eigenvalue weighted by Crippen LogP contribution is 2.54. The molecular formula is C55H40N2. The normalized spacial score (nSPS) is 12.9. The van der Waals surface area contributed by atoms with Gasteiger partial charge in [-0.05, 0) is 92.2 Å². The third-order valence-electron chi connectivity index (χ3n) is 12.2. The molecule has 270 valence electrons. The summed E-state index contributed by atoms with van der Waals surface area (Å²) in [6.45, 7) is 4.72. The number of hydrogen-bond donors (Lipinski definition) is 0. The van der Waals surface area contributed by atoms with E-state index < -0.39 is 0 Å². The van der Waals surface area contributed by atoms with Gasteiger partial charge in [0.25, 0.3) is 0 Å². The Hall–Kier alpha value is -7.16. The van der Waals surface area contributed by atoms with E-state index >= 15 is 0 Å². The summed E-state index contributed by atoms with van der Waals surface area (Å²) in [6, 6.07) is 75.7. The summed E-state index contributed by atoms with van der Waals surface area (Å²) in [6.07, 6.45) is 0.